The van der Waals surface area contributed by atoms with Crippen LogP contribution < -0.4 is 0 Å². The maximum absolute atomic E-state index is 11.2. The van der Waals surface area contributed by atoms with E-state index in [1.54, 1.807) is 18.3 Å². The highest BCUT2D eigenvalue weighted by molar-refractivity contribution is 7.98. The highest BCUT2D eigenvalue weighted by atomic mass is 32.2. The Labute approximate surface area is 132 Å². The van der Waals surface area contributed by atoms with Gasteiger partial charge in [-0.3, -0.25) is 0 Å². The number of nitrogens with zero attached hydrogens (tertiary/aromatic N) is 2. The lowest BCUT2D eigenvalue weighted by molar-refractivity contribution is 0.0697. The van der Waals surface area contributed by atoms with Crippen LogP contribution in [0.1, 0.15) is 15.9 Å². The van der Waals surface area contributed by atoms with Crippen LogP contribution in [0.4, 0.5) is 0 Å². The standard InChI is InChI=1S/C17H14N2O2S/c1-10-3-4-12(16(20)21)8-14(10)11-5-6-15-13(7-11)9-18-17(19-15)22-2/h3-9H,1-2H3,(H,20,21). The van der Waals surface area contributed by atoms with E-state index in [1.807, 2.05) is 37.4 Å². The number of rotatable bonds is 3. The van der Waals surface area contributed by atoms with Crippen LogP contribution in [0.25, 0.3) is 22.0 Å². The second-order valence-corrected chi connectivity index (χ2v) is 5.74. The van der Waals surface area contributed by atoms with E-state index in [4.69, 9.17) is 5.11 Å². The van der Waals surface area contributed by atoms with E-state index in [0.29, 0.717) is 0 Å². The van der Waals surface area contributed by atoms with Crippen LogP contribution in [0, 0.1) is 6.92 Å². The summed E-state index contributed by atoms with van der Waals surface area (Å²) in [5, 5.41) is 10.8. The van der Waals surface area contributed by atoms with Crippen molar-refractivity contribution in [3.8, 4) is 11.1 Å². The van der Waals surface area contributed by atoms with E-state index < -0.39 is 5.97 Å². The monoisotopic (exact) mass is 310 g/mol. The molecule has 1 aromatic heterocycles. The van der Waals surface area contributed by atoms with Crippen LogP contribution in [0.15, 0.2) is 47.8 Å². The summed E-state index contributed by atoms with van der Waals surface area (Å²) < 4.78 is 0. The first kappa shape index (κ1) is 14.5. The van der Waals surface area contributed by atoms with Crippen LogP contribution in [-0.4, -0.2) is 27.3 Å². The number of hydrogen-bond acceptors (Lipinski definition) is 4. The predicted octanol–water partition coefficient (Wildman–Crippen LogP) is 4.03. The van der Waals surface area contributed by atoms with Crippen LogP contribution >= 0.6 is 11.8 Å². The van der Waals surface area contributed by atoms with Crippen molar-refractivity contribution < 1.29 is 9.90 Å². The van der Waals surface area contributed by atoms with Gasteiger partial charge in [-0.2, -0.15) is 0 Å². The Morgan fingerprint density at radius 3 is 2.73 bits per heavy atom. The van der Waals surface area contributed by atoms with Crippen molar-refractivity contribution in [3.63, 3.8) is 0 Å². The Morgan fingerprint density at radius 1 is 1.18 bits per heavy atom. The second-order valence-electron chi connectivity index (χ2n) is 4.97. The van der Waals surface area contributed by atoms with Gasteiger partial charge in [0, 0.05) is 11.6 Å². The molecule has 110 valence electrons. The van der Waals surface area contributed by atoms with E-state index in [0.717, 1.165) is 32.7 Å². The zero-order valence-electron chi connectivity index (χ0n) is 12.2. The molecule has 0 radical (unpaired) electrons. The van der Waals surface area contributed by atoms with Gasteiger partial charge in [0.2, 0.25) is 0 Å². The van der Waals surface area contributed by atoms with Crippen molar-refractivity contribution in [1.29, 1.82) is 0 Å². The number of aromatic nitrogens is 2. The van der Waals surface area contributed by atoms with Crippen LogP contribution in [0.3, 0.4) is 0 Å². The van der Waals surface area contributed by atoms with E-state index in [-0.39, 0.29) is 5.56 Å². The number of benzene rings is 2. The van der Waals surface area contributed by atoms with Crippen molar-refractivity contribution in [2.75, 3.05) is 6.26 Å². The Kier molecular flexibility index (Phi) is 3.81. The van der Waals surface area contributed by atoms with Crippen LogP contribution in [0.5, 0.6) is 0 Å². The number of aryl methyl sites for hydroxylation is 1. The molecule has 0 spiro atoms. The average molecular weight is 310 g/mol. The molecule has 3 aromatic rings. The third kappa shape index (κ3) is 2.67. The van der Waals surface area contributed by atoms with Gasteiger partial charge in [0.25, 0.3) is 0 Å². The Bertz CT molecular complexity index is 878. The number of carbonyl (C=O) groups is 1. The largest absolute Gasteiger partial charge is 0.478 e. The fraction of sp³-hybridized carbons (Fsp3) is 0.118. The SMILES string of the molecule is CSc1ncc2cc(-c3cc(C(=O)O)ccc3C)ccc2n1. The molecule has 0 aliphatic carbocycles. The van der Waals surface area contributed by atoms with Gasteiger partial charge in [-0.25, -0.2) is 14.8 Å². The van der Waals surface area contributed by atoms with Gasteiger partial charge in [0.15, 0.2) is 5.16 Å². The molecule has 0 atom stereocenters. The van der Waals surface area contributed by atoms with Crippen molar-refractivity contribution >= 4 is 28.6 Å². The van der Waals surface area contributed by atoms with Crippen LogP contribution in [-0.2, 0) is 0 Å². The predicted molar refractivity (Wildman–Crippen MR) is 88.5 cm³/mol. The molecule has 0 amide bonds. The first-order valence-corrected chi connectivity index (χ1v) is 7.96. The number of thioether (sulfide) groups is 1. The zero-order valence-corrected chi connectivity index (χ0v) is 13.0. The van der Waals surface area contributed by atoms with Gasteiger partial charge < -0.3 is 5.11 Å². The third-order valence-corrected chi connectivity index (χ3v) is 4.10. The maximum Gasteiger partial charge on any atom is 0.335 e. The molecule has 5 heteroatoms. The van der Waals surface area contributed by atoms with Gasteiger partial charge in [-0.15, -0.1) is 0 Å². The van der Waals surface area contributed by atoms with Gasteiger partial charge in [-0.1, -0.05) is 23.9 Å². The molecule has 1 heterocycles. The summed E-state index contributed by atoms with van der Waals surface area (Å²) in [7, 11) is 0. The lowest BCUT2D eigenvalue weighted by Gasteiger charge is -2.09. The van der Waals surface area contributed by atoms with Gasteiger partial charge >= 0.3 is 5.97 Å². The zero-order chi connectivity index (χ0) is 15.7. The van der Waals surface area contributed by atoms with Gasteiger partial charge in [0.1, 0.15) is 0 Å². The molecule has 0 unspecified atom stereocenters. The molecule has 0 aliphatic heterocycles. The van der Waals surface area contributed by atoms with E-state index >= 15 is 0 Å². The minimum Gasteiger partial charge on any atom is -0.478 e. The fourth-order valence-corrected chi connectivity index (χ4v) is 2.70. The first-order valence-electron chi connectivity index (χ1n) is 6.73. The molecule has 1 N–H and O–H groups in total. The minimum absolute atomic E-state index is 0.287. The topological polar surface area (TPSA) is 63.1 Å². The van der Waals surface area contributed by atoms with Gasteiger partial charge in [0.05, 0.1) is 11.1 Å². The second kappa shape index (κ2) is 5.77. The molecule has 0 fully saturated rings. The average Bonchev–Trinajstić information content (AvgIpc) is 2.54. The quantitative estimate of drug-likeness (QED) is 0.584. The summed E-state index contributed by atoms with van der Waals surface area (Å²) >= 11 is 1.50. The summed E-state index contributed by atoms with van der Waals surface area (Å²) in [6.07, 6.45) is 3.74. The number of carboxylic acids is 1. The number of aromatic carboxylic acids is 1. The van der Waals surface area contributed by atoms with E-state index in [9.17, 15) is 4.79 Å². The number of hydrogen-bond donors (Lipinski definition) is 1. The smallest absolute Gasteiger partial charge is 0.335 e. The van der Waals surface area contributed by atoms with E-state index in [1.165, 1.54) is 11.8 Å². The summed E-state index contributed by atoms with van der Waals surface area (Å²) in [6.45, 7) is 1.97. The molecule has 0 aliphatic rings. The molecule has 4 nitrogen and oxygen atoms in total. The maximum atomic E-state index is 11.2. The molecule has 2 aromatic carbocycles. The van der Waals surface area contributed by atoms with Crippen molar-refractivity contribution in [2.24, 2.45) is 0 Å². The molecule has 0 bridgehead atoms. The molecular weight excluding hydrogens is 296 g/mol. The molecule has 22 heavy (non-hydrogen) atoms. The highest BCUT2D eigenvalue weighted by Gasteiger charge is 2.09. The van der Waals surface area contributed by atoms with E-state index in [2.05, 4.69) is 9.97 Å². The van der Waals surface area contributed by atoms with Crippen molar-refractivity contribution in [1.82, 2.24) is 9.97 Å². The van der Waals surface area contributed by atoms with Gasteiger partial charge in [-0.05, 0) is 54.1 Å². The Hall–Kier alpha value is -2.40. The third-order valence-electron chi connectivity index (χ3n) is 3.54. The normalized spacial score (nSPS) is 10.8. The van der Waals surface area contributed by atoms with Crippen molar-refractivity contribution in [2.45, 2.75) is 12.1 Å². The van der Waals surface area contributed by atoms with Crippen molar-refractivity contribution in [3.05, 3.63) is 53.7 Å². The molecule has 3 rings (SSSR count). The minimum atomic E-state index is -0.921. The molecular formula is C17H14N2O2S. The fourth-order valence-electron chi connectivity index (χ4n) is 2.35. The summed E-state index contributed by atoms with van der Waals surface area (Å²) in [4.78, 5) is 19.9. The highest BCUT2D eigenvalue weighted by Crippen LogP contribution is 2.28. The van der Waals surface area contributed by atoms with Crippen LogP contribution in [0.2, 0.25) is 0 Å². The Balaban J connectivity index is 2.14. The summed E-state index contributed by atoms with van der Waals surface area (Å²) in [5.41, 5.74) is 4.08. The molecule has 0 saturated heterocycles. The summed E-state index contributed by atoms with van der Waals surface area (Å²) in [5.74, 6) is -0.921. The summed E-state index contributed by atoms with van der Waals surface area (Å²) in [6, 6.07) is 11.1. The lowest BCUT2D eigenvalue weighted by Crippen LogP contribution is -1.97. The number of fused-ring (bicyclic) bond motifs is 1. The lowest BCUT2D eigenvalue weighted by atomic mass is 9.97. The Morgan fingerprint density at radius 2 is 2.00 bits per heavy atom. The molecule has 0 saturated carbocycles. The first-order chi connectivity index (χ1) is 10.6. The number of carboxylic acid groups (broad SMARTS) is 1.